The van der Waals surface area contributed by atoms with Crippen LogP contribution in [0.3, 0.4) is 0 Å². The van der Waals surface area contributed by atoms with E-state index in [1.807, 2.05) is 18.2 Å². The van der Waals surface area contributed by atoms with Crippen molar-refractivity contribution >= 4 is 12.8 Å². The van der Waals surface area contributed by atoms with Crippen molar-refractivity contribution in [1.29, 1.82) is 0 Å². The van der Waals surface area contributed by atoms with Crippen molar-refractivity contribution in [2.75, 3.05) is 24.6 Å². The maximum atomic E-state index is 13.1. The fraction of sp³-hybridized carbons (Fsp3) is 0.682. The van der Waals surface area contributed by atoms with Crippen molar-refractivity contribution in [3.63, 3.8) is 0 Å². The van der Waals surface area contributed by atoms with Crippen LogP contribution in [0.15, 0.2) is 24.3 Å². The first-order valence-corrected chi connectivity index (χ1v) is 13.3. The Bertz CT molecular complexity index is 532. The van der Waals surface area contributed by atoms with Crippen LogP contribution in [0.2, 0.25) is 0 Å². The molecule has 0 aliphatic heterocycles. The summed E-state index contributed by atoms with van der Waals surface area (Å²) in [5.41, 5.74) is 1.33. The third-order valence-electron chi connectivity index (χ3n) is 5.72. The first kappa shape index (κ1) is 23.1. The summed E-state index contributed by atoms with van der Waals surface area (Å²) >= 11 is 0. The molecule has 0 unspecified atom stereocenters. The van der Waals surface area contributed by atoms with Gasteiger partial charge in [-0.3, -0.25) is 0 Å². The minimum absolute atomic E-state index is 0.0556. The molecule has 0 radical (unpaired) electrons. The summed E-state index contributed by atoms with van der Waals surface area (Å²) in [5, 5.41) is 9.38. The van der Waals surface area contributed by atoms with Crippen LogP contribution >= 0.6 is 6.83 Å². The van der Waals surface area contributed by atoms with E-state index in [2.05, 4.69) is 27.7 Å². The van der Waals surface area contributed by atoms with E-state index in [1.165, 1.54) is 0 Å². The van der Waals surface area contributed by atoms with Crippen LogP contribution in [0.5, 0.6) is 0 Å². The molecule has 26 heavy (non-hydrogen) atoms. The summed E-state index contributed by atoms with van der Waals surface area (Å²) in [5.74, 6) is -0.192. The molecule has 1 aromatic rings. The Morgan fingerprint density at radius 3 is 1.92 bits per heavy atom. The molecule has 1 rings (SSSR count). The first-order chi connectivity index (χ1) is 12.5. The molecular formula is C22H39O3P. The summed E-state index contributed by atoms with van der Waals surface area (Å²) in [6.45, 7) is 6.26. The number of benzene rings is 1. The molecule has 0 fully saturated rings. The Kier molecular flexibility index (Phi) is 9.82. The van der Waals surface area contributed by atoms with E-state index in [-0.39, 0.29) is 12.6 Å². The number of rotatable bonds is 13. The Morgan fingerprint density at radius 1 is 0.962 bits per heavy atom. The van der Waals surface area contributed by atoms with Gasteiger partial charge in [0, 0.05) is 0 Å². The number of aliphatic hydroxyl groups excluding tert-OH is 1. The molecule has 0 aliphatic carbocycles. The summed E-state index contributed by atoms with van der Waals surface area (Å²) in [4.78, 5) is 13.1. The van der Waals surface area contributed by atoms with Crippen molar-refractivity contribution in [2.24, 2.45) is 0 Å². The van der Waals surface area contributed by atoms with Crippen molar-refractivity contribution in [3.8, 4) is 0 Å². The number of aliphatic hydroxyl groups is 1. The number of carbonyl (C=O) groups excluding carboxylic acids is 1. The van der Waals surface area contributed by atoms with E-state index in [1.54, 1.807) is 6.07 Å². The summed E-state index contributed by atoms with van der Waals surface area (Å²) in [7, 11) is 0. The zero-order valence-corrected chi connectivity index (χ0v) is 18.2. The molecule has 0 aliphatic rings. The molecule has 150 valence electrons. The van der Waals surface area contributed by atoms with E-state index in [9.17, 15) is 9.90 Å². The van der Waals surface area contributed by atoms with Gasteiger partial charge in [0.05, 0.1) is 0 Å². The molecule has 0 spiro atoms. The Hall–Kier alpha value is -0.920. The second-order valence-electron chi connectivity index (χ2n) is 7.64. The van der Waals surface area contributed by atoms with Crippen LogP contribution in [0.1, 0.15) is 82.1 Å². The number of carbonyl (C=O) groups is 1. The molecule has 0 heterocycles. The van der Waals surface area contributed by atoms with E-state index < -0.39 is 6.83 Å². The fourth-order valence-corrected chi connectivity index (χ4v) is 9.71. The Balaban J connectivity index is 3.23. The average Bonchev–Trinajstić information content (AvgIpc) is 2.69. The molecule has 1 N–H and O–H groups in total. The van der Waals surface area contributed by atoms with E-state index in [0.29, 0.717) is 5.56 Å². The topological polar surface area (TPSA) is 46.5 Å². The van der Waals surface area contributed by atoms with Gasteiger partial charge in [-0.05, 0) is 0 Å². The van der Waals surface area contributed by atoms with Crippen LogP contribution in [0, 0.1) is 0 Å². The van der Waals surface area contributed by atoms with E-state index >= 15 is 0 Å². The van der Waals surface area contributed by atoms with Crippen LogP contribution in [0.4, 0.5) is 0 Å². The van der Waals surface area contributed by atoms with Crippen LogP contribution in [-0.2, 0) is 11.1 Å². The third-order valence-corrected chi connectivity index (χ3v) is 12.3. The van der Waals surface area contributed by atoms with E-state index in [0.717, 1.165) is 68.7 Å². The minimum atomic E-state index is -2.56. The SMILES string of the molecule is CCCCP(CC)(CCCC)(CCCC)OC(=O)c1cccc(CO)c1. The van der Waals surface area contributed by atoms with Gasteiger partial charge in [-0.15, -0.1) is 0 Å². The number of hydrogen-bond acceptors (Lipinski definition) is 3. The van der Waals surface area contributed by atoms with E-state index in [4.69, 9.17) is 4.52 Å². The molecule has 0 amide bonds. The van der Waals surface area contributed by atoms with Crippen LogP contribution in [0.25, 0.3) is 0 Å². The second kappa shape index (κ2) is 11.0. The zero-order valence-electron chi connectivity index (χ0n) is 17.3. The quantitative estimate of drug-likeness (QED) is 0.412. The van der Waals surface area contributed by atoms with Gasteiger partial charge in [0.2, 0.25) is 0 Å². The molecule has 0 saturated heterocycles. The second-order valence-corrected chi connectivity index (χ2v) is 13.5. The molecule has 4 heteroatoms. The molecular weight excluding hydrogens is 343 g/mol. The molecule has 0 saturated carbocycles. The summed E-state index contributed by atoms with van der Waals surface area (Å²) in [6.07, 6.45) is 10.9. The standard InChI is InChI=1S/C22H39O3P/c1-5-9-15-26(8-4,16-10-6-2,17-11-7-3)25-22(24)21-14-12-13-20(18-21)19-23/h12-14,18,23H,5-11,15-17,19H2,1-4H3. The van der Waals surface area contributed by atoms with Crippen LogP contribution < -0.4 is 0 Å². The summed E-state index contributed by atoms with van der Waals surface area (Å²) in [6, 6.07) is 7.24. The van der Waals surface area contributed by atoms with Crippen molar-refractivity contribution in [3.05, 3.63) is 35.4 Å². The molecule has 1 aromatic carbocycles. The van der Waals surface area contributed by atoms with Gasteiger partial charge in [0.15, 0.2) is 0 Å². The number of hydrogen-bond donors (Lipinski definition) is 1. The van der Waals surface area contributed by atoms with Crippen molar-refractivity contribution in [2.45, 2.75) is 72.8 Å². The monoisotopic (exact) mass is 382 g/mol. The maximum absolute atomic E-state index is 13.1. The van der Waals surface area contributed by atoms with Gasteiger partial charge in [-0.2, -0.15) is 0 Å². The Labute approximate surface area is 160 Å². The number of unbranched alkanes of at least 4 members (excludes halogenated alkanes) is 3. The van der Waals surface area contributed by atoms with Gasteiger partial charge in [0.1, 0.15) is 0 Å². The molecule has 0 aromatic heterocycles. The van der Waals surface area contributed by atoms with Gasteiger partial charge >= 0.3 is 160 Å². The fourth-order valence-electron chi connectivity index (χ4n) is 3.77. The van der Waals surface area contributed by atoms with Gasteiger partial charge in [0.25, 0.3) is 0 Å². The molecule has 0 atom stereocenters. The first-order valence-electron chi connectivity index (χ1n) is 10.4. The van der Waals surface area contributed by atoms with Crippen molar-refractivity contribution in [1.82, 2.24) is 0 Å². The van der Waals surface area contributed by atoms with Crippen LogP contribution in [-0.4, -0.2) is 35.7 Å². The third kappa shape index (κ3) is 6.06. The van der Waals surface area contributed by atoms with Gasteiger partial charge in [-0.25, -0.2) is 0 Å². The van der Waals surface area contributed by atoms with Crippen molar-refractivity contribution < 1.29 is 14.4 Å². The average molecular weight is 383 g/mol. The normalized spacial score (nSPS) is 13.2. The zero-order chi connectivity index (χ0) is 19.5. The van der Waals surface area contributed by atoms with Gasteiger partial charge in [-0.1, -0.05) is 0 Å². The summed E-state index contributed by atoms with van der Waals surface area (Å²) < 4.78 is 6.58. The Morgan fingerprint density at radius 2 is 1.50 bits per heavy atom. The molecule has 0 bridgehead atoms. The predicted octanol–water partition coefficient (Wildman–Crippen LogP) is 6.22. The van der Waals surface area contributed by atoms with Gasteiger partial charge < -0.3 is 0 Å². The predicted molar refractivity (Wildman–Crippen MR) is 115 cm³/mol. The molecule has 3 nitrogen and oxygen atoms in total.